The van der Waals surface area contributed by atoms with Crippen LogP contribution in [0.5, 0.6) is 0 Å². The number of fused-ring (bicyclic) bond motifs is 9. The fourth-order valence-electron chi connectivity index (χ4n) is 8.09. The van der Waals surface area contributed by atoms with E-state index in [1.54, 1.807) is 0 Å². The van der Waals surface area contributed by atoms with Crippen LogP contribution in [-0.2, 0) is 7.05 Å². The number of hydrogen-bond acceptors (Lipinski definition) is 0. The molecule has 0 fully saturated rings. The minimum absolute atomic E-state index is 1.21. The molecule has 0 radical (unpaired) electrons. The topological polar surface area (TPSA) is 14.8 Å². The van der Waals surface area contributed by atoms with Crippen molar-refractivity contribution in [1.82, 2.24) is 13.7 Å². The average molecular weight is 696 g/mol. The summed E-state index contributed by atoms with van der Waals surface area (Å²) in [4.78, 5) is 0. The van der Waals surface area contributed by atoms with Gasteiger partial charge in [-0.05, 0) is 79.6 Å². The molecule has 0 spiro atoms. The molecule has 0 aliphatic carbocycles. The van der Waals surface area contributed by atoms with Crippen molar-refractivity contribution in [3.63, 3.8) is 0 Å². The van der Waals surface area contributed by atoms with Crippen LogP contribution in [0.1, 0.15) is 11.1 Å². The summed E-state index contributed by atoms with van der Waals surface area (Å²) in [6, 6.07) is 68.6. The van der Waals surface area contributed by atoms with Gasteiger partial charge in [-0.25, -0.2) is 0 Å². The Morgan fingerprint density at radius 2 is 0.722 bits per heavy atom. The van der Waals surface area contributed by atoms with Gasteiger partial charge in [0, 0.05) is 61.8 Å². The van der Waals surface area contributed by atoms with E-state index in [1.807, 2.05) is 0 Å². The van der Waals surface area contributed by atoms with E-state index >= 15 is 0 Å². The lowest BCUT2D eigenvalue weighted by atomic mass is 10.1. The number of benzene rings is 8. The fourth-order valence-corrected chi connectivity index (χ4v) is 8.09. The molecule has 260 valence electrons. The van der Waals surface area contributed by atoms with Crippen LogP contribution < -0.4 is 0 Å². The first kappa shape index (κ1) is 33.0. The van der Waals surface area contributed by atoms with Crippen LogP contribution in [0.2, 0.25) is 0 Å². The zero-order valence-electron chi connectivity index (χ0n) is 30.8. The molecule has 11 aromatic rings. The van der Waals surface area contributed by atoms with Crippen LogP contribution >= 0.6 is 0 Å². The zero-order chi connectivity index (χ0) is 36.6. The first-order chi connectivity index (χ1) is 26.6. The molecule has 3 heteroatoms. The Morgan fingerprint density at radius 3 is 1.30 bits per heavy atom. The normalized spacial score (nSPS) is 11.2. The third-order valence-corrected chi connectivity index (χ3v) is 10.6. The number of hydrogen-bond donors (Lipinski definition) is 0. The van der Waals surface area contributed by atoms with Gasteiger partial charge in [0.2, 0.25) is 0 Å². The average Bonchev–Trinajstić information content (AvgIpc) is 3.85. The molecule has 0 amide bonds. The summed E-state index contributed by atoms with van der Waals surface area (Å²) in [7, 11) is 2.12. The quantitative estimate of drug-likeness (QED) is 0.171. The van der Waals surface area contributed by atoms with Crippen LogP contribution in [0.15, 0.2) is 194 Å². The lowest BCUT2D eigenvalue weighted by Gasteiger charge is -2.08. The Hall–Kier alpha value is -6.84. The Bertz CT molecular complexity index is 3020. The van der Waals surface area contributed by atoms with Crippen molar-refractivity contribution in [3.8, 4) is 11.4 Å². The highest BCUT2D eigenvalue weighted by atomic mass is 15.0. The first-order valence-electron chi connectivity index (χ1n) is 18.6. The van der Waals surface area contributed by atoms with Gasteiger partial charge in [-0.2, -0.15) is 0 Å². The fraction of sp³-hybridized carbons (Fsp3) is 0.0588. The van der Waals surface area contributed by atoms with Crippen LogP contribution in [0.4, 0.5) is 0 Å². The molecule has 0 N–H and O–H groups in total. The van der Waals surface area contributed by atoms with Gasteiger partial charge < -0.3 is 13.7 Å². The van der Waals surface area contributed by atoms with E-state index in [4.69, 9.17) is 0 Å². The molecule has 0 aliphatic rings. The minimum Gasteiger partial charge on any atom is -0.344 e. The molecule has 3 heterocycles. The molecule has 0 atom stereocenters. The number of para-hydroxylation sites is 7. The van der Waals surface area contributed by atoms with E-state index in [0.29, 0.717) is 0 Å². The summed E-state index contributed by atoms with van der Waals surface area (Å²) in [6.45, 7) is 4.33. The Kier molecular flexibility index (Phi) is 8.53. The van der Waals surface area contributed by atoms with Crippen molar-refractivity contribution >= 4 is 65.4 Å². The van der Waals surface area contributed by atoms with Gasteiger partial charge in [0.05, 0.1) is 22.1 Å². The number of rotatable bonds is 2. The van der Waals surface area contributed by atoms with Gasteiger partial charge in [0.15, 0.2) is 0 Å². The maximum absolute atomic E-state index is 2.36. The highest BCUT2D eigenvalue weighted by Gasteiger charge is 2.13. The van der Waals surface area contributed by atoms with E-state index in [9.17, 15) is 0 Å². The number of aryl methyl sites for hydroxylation is 3. The summed E-state index contributed by atoms with van der Waals surface area (Å²) >= 11 is 0. The molecule has 54 heavy (non-hydrogen) atoms. The van der Waals surface area contributed by atoms with Crippen molar-refractivity contribution in [2.45, 2.75) is 13.8 Å². The van der Waals surface area contributed by atoms with Crippen molar-refractivity contribution in [1.29, 1.82) is 0 Å². The number of nitrogens with zero attached hydrogens (tertiary/aromatic N) is 3. The summed E-state index contributed by atoms with van der Waals surface area (Å²) in [5, 5.41) is 7.94. The standard InChI is InChI=1S/2C19H15N.C13H11N/c1-14-8-7-12-17-16-11-5-6-13-18(16)20(19(14)17)15-9-3-2-4-10-15;1-14-11-12-17-16-9-5-6-10-18(16)20(19(17)13-14)15-7-3-2-4-8-15;1-14-12-8-4-2-6-10(12)11-7-3-5-9-13(11)14/h2*2-13H,1H3;2-9H,1H3. The minimum atomic E-state index is 1.21. The molecule has 0 unspecified atom stereocenters. The second-order valence-electron chi connectivity index (χ2n) is 14.0. The van der Waals surface area contributed by atoms with Gasteiger partial charge in [0.1, 0.15) is 0 Å². The van der Waals surface area contributed by atoms with Crippen LogP contribution in [-0.4, -0.2) is 13.7 Å². The zero-order valence-corrected chi connectivity index (χ0v) is 30.8. The highest BCUT2D eigenvalue weighted by molar-refractivity contribution is 6.11. The molecule has 8 aromatic carbocycles. The molecule has 0 saturated heterocycles. The molecule has 0 bridgehead atoms. The predicted molar refractivity (Wildman–Crippen MR) is 231 cm³/mol. The second kappa shape index (κ2) is 13.9. The molecule has 3 aromatic heterocycles. The third-order valence-electron chi connectivity index (χ3n) is 10.6. The van der Waals surface area contributed by atoms with E-state index in [1.165, 1.54) is 87.9 Å². The molecular formula is C51H41N3. The Labute approximate surface area is 315 Å². The third kappa shape index (κ3) is 5.71. The first-order valence-corrected chi connectivity index (χ1v) is 18.6. The lowest BCUT2D eigenvalue weighted by Crippen LogP contribution is -1.94. The van der Waals surface area contributed by atoms with Crippen LogP contribution in [0.25, 0.3) is 76.8 Å². The van der Waals surface area contributed by atoms with Crippen LogP contribution in [0, 0.1) is 13.8 Å². The molecular weight excluding hydrogens is 655 g/mol. The SMILES string of the molecule is Cc1ccc2c3ccccc3n(-c3ccccc3)c2c1.Cc1cccc2c3ccccc3n(-c3ccccc3)c12.Cn1c2ccccc2c2ccccc21. The summed E-state index contributed by atoms with van der Waals surface area (Å²) in [6.07, 6.45) is 0. The molecule has 11 rings (SSSR count). The molecule has 3 nitrogen and oxygen atoms in total. The van der Waals surface area contributed by atoms with Gasteiger partial charge in [0.25, 0.3) is 0 Å². The van der Waals surface area contributed by atoms with E-state index in [-0.39, 0.29) is 0 Å². The van der Waals surface area contributed by atoms with Crippen LogP contribution in [0.3, 0.4) is 0 Å². The van der Waals surface area contributed by atoms with Gasteiger partial charge in [-0.1, -0.05) is 140 Å². The maximum Gasteiger partial charge on any atom is 0.0570 e. The Morgan fingerprint density at radius 1 is 0.315 bits per heavy atom. The monoisotopic (exact) mass is 695 g/mol. The van der Waals surface area contributed by atoms with Crippen molar-refractivity contribution < 1.29 is 0 Å². The summed E-state index contributed by atoms with van der Waals surface area (Å²) in [5.41, 5.74) is 12.7. The largest absolute Gasteiger partial charge is 0.344 e. The van der Waals surface area contributed by atoms with Gasteiger partial charge in [-0.15, -0.1) is 0 Å². The highest BCUT2D eigenvalue weighted by Crippen LogP contribution is 2.34. The van der Waals surface area contributed by atoms with Gasteiger partial charge >= 0.3 is 0 Å². The maximum atomic E-state index is 2.36. The molecule has 0 saturated carbocycles. The number of aromatic nitrogens is 3. The molecule has 0 aliphatic heterocycles. The van der Waals surface area contributed by atoms with Crippen molar-refractivity contribution in [2.75, 3.05) is 0 Å². The van der Waals surface area contributed by atoms with E-state index in [0.717, 1.165) is 0 Å². The predicted octanol–water partition coefficient (Wildman–Crippen LogP) is 13.5. The van der Waals surface area contributed by atoms with Gasteiger partial charge in [-0.3, -0.25) is 0 Å². The van der Waals surface area contributed by atoms with Crippen molar-refractivity contribution in [2.24, 2.45) is 7.05 Å². The summed E-state index contributed by atoms with van der Waals surface area (Å²) in [5.74, 6) is 0. The summed E-state index contributed by atoms with van der Waals surface area (Å²) < 4.78 is 6.95. The lowest BCUT2D eigenvalue weighted by molar-refractivity contribution is 1.01. The smallest absolute Gasteiger partial charge is 0.0570 e. The van der Waals surface area contributed by atoms with E-state index < -0.39 is 0 Å². The second-order valence-corrected chi connectivity index (χ2v) is 14.0. The van der Waals surface area contributed by atoms with Crippen molar-refractivity contribution in [3.05, 3.63) is 205 Å². The van der Waals surface area contributed by atoms with E-state index in [2.05, 4.69) is 229 Å². The Balaban J connectivity index is 0.000000109.